The maximum atomic E-state index is 12.4. The van der Waals surface area contributed by atoms with Crippen LogP contribution in [0.15, 0.2) is 39.5 Å². The lowest BCUT2D eigenvalue weighted by atomic mass is 9.83. The lowest BCUT2D eigenvalue weighted by Crippen LogP contribution is -2.46. The molecule has 0 radical (unpaired) electrons. The van der Waals surface area contributed by atoms with E-state index in [2.05, 4.69) is 58.3 Å². The topological polar surface area (TPSA) is 67.8 Å². The van der Waals surface area contributed by atoms with Crippen molar-refractivity contribution >= 4 is 71.1 Å². The van der Waals surface area contributed by atoms with Crippen molar-refractivity contribution in [2.45, 2.75) is 36.8 Å². The van der Waals surface area contributed by atoms with Gasteiger partial charge in [-0.25, -0.2) is 4.79 Å². The Kier molecular flexibility index (Phi) is 6.85. The summed E-state index contributed by atoms with van der Waals surface area (Å²) in [6, 6.07) is 5.53. The lowest BCUT2D eigenvalue weighted by molar-refractivity contribution is -0.115. The molecule has 5 nitrogen and oxygen atoms in total. The number of aryl methyl sites for hydroxylation is 1. The van der Waals surface area contributed by atoms with Crippen molar-refractivity contribution in [1.82, 2.24) is 0 Å². The fourth-order valence-electron chi connectivity index (χ4n) is 2.39. The third-order valence-corrected chi connectivity index (χ3v) is 7.46. The highest BCUT2D eigenvalue weighted by Gasteiger charge is 2.44. The number of benzene rings is 1. The summed E-state index contributed by atoms with van der Waals surface area (Å²) < 4.78 is -0.0362. The van der Waals surface area contributed by atoms with Crippen LogP contribution in [-0.2, 0) is 9.63 Å². The van der Waals surface area contributed by atoms with Crippen molar-refractivity contribution in [3.8, 4) is 0 Å². The van der Waals surface area contributed by atoms with Crippen LogP contribution in [0.3, 0.4) is 0 Å². The van der Waals surface area contributed by atoms with E-state index in [4.69, 9.17) is 4.84 Å². The number of halogens is 3. The van der Waals surface area contributed by atoms with E-state index in [-0.39, 0.29) is 11.7 Å². The Labute approximate surface area is 178 Å². The molecule has 1 aliphatic rings. The molecule has 1 amide bonds. The molecule has 1 aromatic carbocycles. The first-order chi connectivity index (χ1) is 12.0. The fourth-order valence-corrected chi connectivity index (χ4v) is 3.88. The van der Waals surface area contributed by atoms with Crippen molar-refractivity contribution < 1.29 is 14.4 Å². The molecule has 0 bridgehead atoms. The van der Waals surface area contributed by atoms with Crippen molar-refractivity contribution in [1.29, 1.82) is 0 Å². The van der Waals surface area contributed by atoms with Gasteiger partial charge in [0.25, 0.3) is 0 Å². The molecule has 0 spiro atoms. The number of carbonyl (C=O) groups is 2. The van der Waals surface area contributed by atoms with Gasteiger partial charge < -0.3 is 0 Å². The molecule has 1 N–H and O–H groups in total. The van der Waals surface area contributed by atoms with Gasteiger partial charge in [0.1, 0.15) is 0 Å². The molecule has 0 aromatic heterocycles. The molecule has 2 rings (SSSR count). The number of nitrogens with zero attached hydrogens (tertiary/aromatic N) is 1. The van der Waals surface area contributed by atoms with Crippen molar-refractivity contribution in [2.75, 3.05) is 5.32 Å². The van der Waals surface area contributed by atoms with E-state index in [1.807, 2.05) is 32.9 Å². The molecule has 8 heteroatoms. The third-order valence-electron chi connectivity index (χ3n) is 3.99. The maximum Gasteiger partial charge on any atom is 0.437 e. The molecule has 0 saturated heterocycles. The minimum absolute atomic E-state index is 0.00800. The first-order valence-electron chi connectivity index (χ1n) is 7.95. The summed E-state index contributed by atoms with van der Waals surface area (Å²) in [5.74, 6) is 0.0278. The monoisotopic (exact) mass is 548 g/mol. The number of hydrogen-bond acceptors (Lipinski definition) is 4. The molecule has 0 aliphatic heterocycles. The highest BCUT2D eigenvalue weighted by atomic mass is 79.9. The summed E-state index contributed by atoms with van der Waals surface area (Å²) >= 11 is 10.3. The molecule has 2 atom stereocenters. The number of allylic oxidation sites excluding steroid dienone is 2. The highest BCUT2D eigenvalue weighted by Crippen LogP contribution is 2.38. The van der Waals surface area contributed by atoms with Gasteiger partial charge in [0, 0.05) is 10.0 Å². The largest absolute Gasteiger partial charge is 0.437 e. The van der Waals surface area contributed by atoms with Crippen molar-refractivity contribution in [3.63, 3.8) is 0 Å². The highest BCUT2D eigenvalue weighted by molar-refractivity contribution is 9.13. The molecule has 1 aliphatic carbocycles. The van der Waals surface area contributed by atoms with E-state index in [1.54, 1.807) is 19.1 Å². The number of amides is 1. The molecule has 1 aromatic rings. The number of Topliss-reactive ketones (excluding diaryl/α,β-unsaturated/α-hetero) is 1. The van der Waals surface area contributed by atoms with E-state index in [0.29, 0.717) is 17.0 Å². The van der Waals surface area contributed by atoms with E-state index in [1.165, 1.54) is 0 Å². The number of carbonyl (C=O) groups excluding carboxylic acids is 2. The Hall–Kier alpha value is -0.990. The van der Waals surface area contributed by atoms with Gasteiger partial charge in [-0.2, -0.15) is 0 Å². The number of nitrogens with one attached hydrogen (secondary N) is 1. The number of alkyl halides is 2. The summed E-state index contributed by atoms with van der Waals surface area (Å²) in [4.78, 5) is 29.1. The number of ketones is 1. The van der Waals surface area contributed by atoms with Crippen LogP contribution in [0, 0.1) is 12.8 Å². The van der Waals surface area contributed by atoms with Gasteiger partial charge >= 0.3 is 6.09 Å². The Morgan fingerprint density at radius 3 is 2.62 bits per heavy atom. The summed E-state index contributed by atoms with van der Waals surface area (Å²) in [6.45, 7) is 7.62. The average Bonchev–Trinajstić information content (AvgIpc) is 2.54. The smallest absolute Gasteiger partial charge is 0.297 e. The average molecular weight is 551 g/mol. The molecule has 0 fully saturated rings. The minimum atomic E-state index is -0.785. The van der Waals surface area contributed by atoms with Gasteiger partial charge in [-0.05, 0) is 59.5 Å². The normalized spacial score (nSPS) is 24.6. The molecule has 0 heterocycles. The van der Waals surface area contributed by atoms with Gasteiger partial charge in [0.2, 0.25) is 0 Å². The summed E-state index contributed by atoms with van der Waals surface area (Å²) in [7, 11) is 0. The van der Waals surface area contributed by atoms with E-state index < -0.39 is 15.2 Å². The Bertz CT molecular complexity index is 801. The van der Waals surface area contributed by atoms with Crippen molar-refractivity contribution in [3.05, 3.63) is 39.9 Å². The number of hydrogen-bond donors (Lipinski definition) is 1. The molecule has 2 unspecified atom stereocenters. The van der Waals surface area contributed by atoms with Gasteiger partial charge in [-0.3, -0.25) is 14.9 Å². The van der Waals surface area contributed by atoms with Gasteiger partial charge in [-0.1, -0.05) is 56.9 Å². The zero-order valence-corrected chi connectivity index (χ0v) is 19.5. The van der Waals surface area contributed by atoms with Crippen molar-refractivity contribution in [2.24, 2.45) is 11.1 Å². The number of rotatable bonds is 3. The SMILES string of the molecule is Cc1ccc(NC(=O)ON=C2C=C(C(C)C)C(=O)C(Br)C2(C)Br)c(Br)c1. The van der Waals surface area contributed by atoms with E-state index in [0.717, 1.165) is 10.0 Å². The maximum absolute atomic E-state index is 12.4. The predicted octanol–water partition coefficient (Wildman–Crippen LogP) is 5.74. The second-order valence-electron chi connectivity index (χ2n) is 6.52. The zero-order valence-electron chi connectivity index (χ0n) is 14.8. The zero-order chi connectivity index (χ0) is 19.6. The summed E-state index contributed by atoms with van der Waals surface area (Å²) in [5.41, 5.74) is 2.74. The lowest BCUT2D eigenvalue weighted by Gasteiger charge is -2.33. The van der Waals surface area contributed by atoms with Crippen LogP contribution in [0.1, 0.15) is 26.3 Å². The van der Waals surface area contributed by atoms with Crippen LogP contribution in [0.25, 0.3) is 0 Å². The van der Waals surface area contributed by atoms with Crippen LogP contribution >= 0.6 is 47.8 Å². The Balaban J connectivity index is 2.21. The predicted molar refractivity (Wildman–Crippen MR) is 114 cm³/mol. The minimum Gasteiger partial charge on any atom is -0.297 e. The molecular formula is C18H19Br3N2O3. The van der Waals surface area contributed by atoms with Crippen LogP contribution in [0.4, 0.5) is 10.5 Å². The first-order valence-corrected chi connectivity index (χ1v) is 10.5. The second kappa shape index (κ2) is 8.35. The fraction of sp³-hybridized carbons (Fsp3) is 0.389. The third kappa shape index (κ3) is 4.64. The molecule has 26 heavy (non-hydrogen) atoms. The number of oxime groups is 1. The Morgan fingerprint density at radius 2 is 2.04 bits per heavy atom. The van der Waals surface area contributed by atoms with E-state index >= 15 is 0 Å². The van der Waals surface area contributed by atoms with Crippen LogP contribution in [0.5, 0.6) is 0 Å². The number of anilines is 1. The first kappa shape index (κ1) is 21.3. The molecular weight excluding hydrogens is 532 g/mol. The van der Waals surface area contributed by atoms with Gasteiger partial charge in [-0.15, -0.1) is 0 Å². The standard InChI is InChI=1S/C18H19Br3N2O3/c1-9(2)11-8-14(18(4,21)16(20)15(11)24)23-26-17(25)22-13-6-5-10(3)7-12(13)19/h5-9,16H,1-4H3,(H,22,25). The Morgan fingerprint density at radius 1 is 1.38 bits per heavy atom. The van der Waals surface area contributed by atoms with Gasteiger partial charge in [0.15, 0.2) is 5.78 Å². The molecule has 140 valence electrons. The quantitative estimate of drug-likeness (QED) is 0.296. The van der Waals surface area contributed by atoms with Gasteiger partial charge in [0.05, 0.1) is 20.6 Å². The summed E-state index contributed by atoms with van der Waals surface area (Å²) in [5, 5.41) is 6.61. The second-order valence-corrected chi connectivity index (χ2v) is 9.94. The van der Waals surface area contributed by atoms with Crippen LogP contribution in [-0.4, -0.2) is 26.7 Å². The van der Waals surface area contributed by atoms with Crippen LogP contribution < -0.4 is 5.32 Å². The van der Waals surface area contributed by atoms with E-state index in [9.17, 15) is 9.59 Å². The summed E-state index contributed by atoms with van der Waals surface area (Å²) in [6.07, 6.45) is 0.960. The molecule has 0 saturated carbocycles. The van der Waals surface area contributed by atoms with Crippen LogP contribution in [0.2, 0.25) is 0 Å².